The van der Waals surface area contributed by atoms with Crippen LogP contribution in [0.4, 0.5) is 4.70 Å². The van der Waals surface area contributed by atoms with Gasteiger partial charge in [0.05, 0.1) is 0 Å². The van der Waals surface area contributed by atoms with E-state index < -0.39 is 0 Å². The number of hydrogen-bond acceptors (Lipinski definition) is 0. The molecule has 0 aromatic heterocycles. The van der Waals surface area contributed by atoms with Gasteiger partial charge in [-0.25, -0.2) is 0 Å². The molecule has 0 bridgehead atoms. The smallest absolute Gasteiger partial charge is 0.0174 e. The average molecular weight is 170 g/mol. The second-order valence-electron chi connectivity index (χ2n) is 2.56. The van der Waals surface area contributed by atoms with Crippen LogP contribution in [0, 0.1) is 0 Å². The van der Waals surface area contributed by atoms with Gasteiger partial charge < -0.3 is 0 Å². The summed E-state index contributed by atoms with van der Waals surface area (Å²) in [5.41, 5.74) is 5.92. The Labute approximate surface area is 75.0 Å². The molecule has 0 aromatic rings. The van der Waals surface area contributed by atoms with Crippen LogP contribution in [0.1, 0.15) is 40.5 Å². The van der Waals surface area contributed by atoms with E-state index in [0.29, 0.717) is 0 Å². The number of allylic oxidation sites excluding steroid dienone is 3. The highest BCUT2D eigenvalue weighted by Crippen LogP contribution is 2.09. The van der Waals surface area contributed by atoms with Gasteiger partial charge in [-0.1, -0.05) is 19.9 Å². The van der Waals surface area contributed by atoms with Crippen molar-refractivity contribution >= 4 is 0 Å². The molecule has 1 aliphatic rings. The van der Waals surface area contributed by atoms with Crippen LogP contribution in [0.5, 0.6) is 0 Å². The molecule has 0 nitrogen and oxygen atoms in total. The molecule has 0 saturated heterocycles. The van der Waals surface area contributed by atoms with Crippen LogP contribution in [0.3, 0.4) is 0 Å². The minimum absolute atomic E-state index is 0. The molecule has 12 heavy (non-hydrogen) atoms. The van der Waals surface area contributed by atoms with Crippen molar-refractivity contribution in [2.24, 2.45) is 0 Å². The Kier molecular flexibility index (Phi) is 9.50. The first-order chi connectivity index (χ1) is 5.29. The van der Waals surface area contributed by atoms with Crippen molar-refractivity contribution < 1.29 is 4.70 Å². The predicted octanol–water partition coefficient (Wildman–Crippen LogP) is 4.01. The molecule has 1 heteroatoms. The van der Waals surface area contributed by atoms with Gasteiger partial charge in [-0.05, 0) is 43.9 Å². The summed E-state index contributed by atoms with van der Waals surface area (Å²) in [5.74, 6) is 0. The highest BCUT2D eigenvalue weighted by atomic mass is 19.0. The van der Waals surface area contributed by atoms with Crippen molar-refractivity contribution in [3.8, 4) is 0 Å². The fraction of sp³-hybridized carbons (Fsp3) is 0.545. The Morgan fingerprint density at radius 2 is 1.83 bits per heavy atom. The van der Waals surface area contributed by atoms with E-state index in [1.165, 1.54) is 24.0 Å². The summed E-state index contributed by atoms with van der Waals surface area (Å²) in [6.45, 7) is 8.24. The Morgan fingerprint density at radius 1 is 1.25 bits per heavy atom. The average Bonchev–Trinajstić information content (AvgIpc) is 2.20. The minimum atomic E-state index is 0. The first-order valence-corrected chi connectivity index (χ1v) is 4.38. The lowest BCUT2D eigenvalue weighted by atomic mass is 10.2. The second kappa shape index (κ2) is 8.29. The molecule has 0 atom stereocenters. The van der Waals surface area contributed by atoms with Crippen LogP contribution in [0.15, 0.2) is 29.0 Å². The molecule has 0 spiro atoms. The van der Waals surface area contributed by atoms with Gasteiger partial charge in [0.15, 0.2) is 0 Å². The molecule has 0 aliphatic heterocycles. The van der Waals surface area contributed by atoms with E-state index >= 15 is 0 Å². The maximum Gasteiger partial charge on any atom is -0.0174 e. The summed E-state index contributed by atoms with van der Waals surface area (Å²) in [7, 11) is 0. The quantitative estimate of drug-likeness (QED) is 0.482. The van der Waals surface area contributed by atoms with Crippen LogP contribution in [-0.4, -0.2) is 0 Å². The molecular weight excluding hydrogens is 151 g/mol. The molecule has 70 valence electrons. The molecule has 0 heterocycles. The van der Waals surface area contributed by atoms with Crippen molar-refractivity contribution in [1.29, 1.82) is 0 Å². The Morgan fingerprint density at radius 3 is 2.42 bits per heavy atom. The first kappa shape index (κ1) is 13.8. The van der Waals surface area contributed by atoms with Gasteiger partial charge in [0.25, 0.3) is 0 Å². The summed E-state index contributed by atoms with van der Waals surface area (Å²) in [6, 6.07) is 0. The number of halogens is 1. The van der Waals surface area contributed by atoms with Crippen molar-refractivity contribution in [3.05, 3.63) is 29.0 Å². The number of rotatable bonds is 0. The van der Waals surface area contributed by atoms with E-state index in [1.807, 2.05) is 13.8 Å². The highest BCUT2D eigenvalue weighted by Gasteiger charge is 1.90. The zero-order chi connectivity index (χ0) is 8.69. The Balaban J connectivity index is 0. The predicted molar refractivity (Wildman–Crippen MR) is 54.1 cm³/mol. The van der Waals surface area contributed by atoms with E-state index in [0.717, 1.165) is 0 Å². The molecule has 1 rings (SSSR count). The maximum atomic E-state index is 3.22. The first-order valence-electron chi connectivity index (χ1n) is 4.38. The highest BCUT2D eigenvalue weighted by molar-refractivity contribution is 5.20. The molecule has 0 radical (unpaired) electrons. The molecule has 1 aliphatic carbocycles. The standard InChI is InChI=1S/C9H12.C2H6.FH/c1-8-4-3-5-9(2)7-6-8;1-2;/h4,6H,3,5H2,1-2H3;1-2H3;1H. The van der Waals surface area contributed by atoms with Crippen LogP contribution >= 0.6 is 0 Å². The third-order valence-corrected chi connectivity index (χ3v) is 1.53. The van der Waals surface area contributed by atoms with Crippen molar-refractivity contribution in [2.75, 3.05) is 0 Å². The van der Waals surface area contributed by atoms with Crippen LogP contribution in [-0.2, 0) is 0 Å². The SMILES string of the molecule is CC.CC1=C=CC(C)=CCC1.F. The maximum absolute atomic E-state index is 3.22. The summed E-state index contributed by atoms with van der Waals surface area (Å²) >= 11 is 0. The van der Waals surface area contributed by atoms with Gasteiger partial charge in [0, 0.05) is 0 Å². The lowest BCUT2D eigenvalue weighted by molar-refractivity contribution is 0.982. The fourth-order valence-electron chi connectivity index (χ4n) is 0.884. The molecular formula is C11H19F. The van der Waals surface area contributed by atoms with E-state index in [9.17, 15) is 0 Å². The third-order valence-electron chi connectivity index (χ3n) is 1.53. The van der Waals surface area contributed by atoms with Crippen LogP contribution < -0.4 is 0 Å². The molecule has 0 unspecified atom stereocenters. The van der Waals surface area contributed by atoms with Crippen molar-refractivity contribution in [3.63, 3.8) is 0 Å². The van der Waals surface area contributed by atoms with Gasteiger partial charge in [-0.3, -0.25) is 4.70 Å². The topological polar surface area (TPSA) is 0 Å². The molecule has 0 amide bonds. The summed E-state index contributed by atoms with van der Waals surface area (Å²) in [6.07, 6.45) is 6.67. The van der Waals surface area contributed by atoms with Gasteiger partial charge in [-0.2, -0.15) is 0 Å². The normalized spacial score (nSPS) is 14.3. The van der Waals surface area contributed by atoms with E-state index in [2.05, 4.69) is 31.7 Å². The lowest BCUT2D eigenvalue weighted by Gasteiger charge is -1.88. The summed E-state index contributed by atoms with van der Waals surface area (Å²) in [5, 5.41) is 0. The zero-order valence-electron chi connectivity index (χ0n) is 8.48. The molecule has 0 fully saturated rings. The minimum Gasteiger partial charge on any atom is -0.269 e. The van der Waals surface area contributed by atoms with Gasteiger partial charge in [0.1, 0.15) is 0 Å². The number of hydrogen-bond donors (Lipinski definition) is 0. The van der Waals surface area contributed by atoms with Gasteiger partial charge in [0.2, 0.25) is 0 Å². The molecule has 0 saturated carbocycles. The van der Waals surface area contributed by atoms with E-state index in [1.54, 1.807) is 0 Å². The van der Waals surface area contributed by atoms with Gasteiger partial charge in [-0.15, -0.1) is 5.73 Å². The van der Waals surface area contributed by atoms with Gasteiger partial charge >= 0.3 is 0 Å². The van der Waals surface area contributed by atoms with Crippen LogP contribution in [0.25, 0.3) is 0 Å². The van der Waals surface area contributed by atoms with E-state index in [-0.39, 0.29) is 4.70 Å². The second-order valence-corrected chi connectivity index (χ2v) is 2.56. The largest absolute Gasteiger partial charge is 0.269 e. The van der Waals surface area contributed by atoms with Crippen LogP contribution in [0.2, 0.25) is 0 Å². The van der Waals surface area contributed by atoms with E-state index in [4.69, 9.17) is 0 Å². The summed E-state index contributed by atoms with van der Waals surface area (Å²) < 4.78 is 0. The zero-order valence-corrected chi connectivity index (χ0v) is 8.48. The van der Waals surface area contributed by atoms with Crippen molar-refractivity contribution in [2.45, 2.75) is 40.5 Å². The Hall–Kier alpha value is -0.810. The monoisotopic (exact) mass is 170 g/mol. The fourth-order valence-corrected chi connectivity index (χ4v) is 0.884. The summed E-state index contributed by atoms with van der Waals surface area (Å²) in [4.78, 5) is 0. The molecule has 0 aromatic carbocycles. The Bertz CT molecular complexity index is 193. The molecule has 0 N–H and O–H groups in total. The van der Waals surface area contributed by atoms with Crippen molar-refractivity contribution in [1.82, 2.24) is 0 Å². The third kappa shape index (κ3) is 5.94. The lowest BCUT2D eigenvalue weighted by Crippen LogP contribution is -1.69.